The molecule has 1 aliphatic rings. The summed E-state index contributed by atoms with van der Waals surface area (Å²) in [7, 11) is 0. The Morgan fingerprint density at radius 3 is 2.14 bits per heavy atom. The first-order chi connectivity index (χ1) is 10.2. The van der Waals surface area contributed by atoms with Gasteiger partial charge >= 0.3 is 6.18 Å². The van der Waals surface area contributed by atoms with Crippen LogP contribution in [0.25, 0.3) is 0 Å². The van der Waals surface area contributed by atoms with E-state index in [0.29, 0.717) is 6.42 Å². The first-order valence-electron chi connectivity index (χ1n) is 8.34. The van der Waals surface area contributed by atoms with Crippen LogP contribution in [0.2, 0.25) is 0 Å². The summed E-state index contributed by atoms with van der Waals surface area (Å²) >= 11 is 0. The highest BCUT2D eigenvalue weighted by Crippen LogP contribution is 2.35. The molecule has 22 heavy (non-hydrogen) atoms. The van der Waals surface area contributed by atoms with Crippen LogP contribution in [0.4, 0.5) is 13.2 Å². The number of carbonyl (C=O) groups excluding carboxylic acids is 1. The van der Waals surface area contributed by atoms with Gasteiger partial charge in [0.05, 0.1) is 0 Å². The number of nitrogens with one attached hydrogen (secondary N) is 1. The van der Waals surface area contributed by atoms with Crippen molar-refractivity contribution in [2.24, 2.45) is 0 Å². The second-order valence-corrected chi connectivity index (χ2v) is 6.86. The van der Waals surface area contributed by atoms with E-state index in [1.165, 1.54) is 12.8 Å². The summed E-state index contributed by atoms with van der Waals surface area (Å²) in [5.41, 5.74) is 1.60. The Bertz CT molecular complexity index is 356. The molecule has 130 valence electrons. The van der Waals surface area contributed by atoms with Crippen LogP contribution in [0.15, 0.2) is 0 Å². The molecule has 1 aliphatic heterocycles. The third-order valence-electron chi connectivity index (χ3n) is 4.26. The van der Waals surface area contributed by atoms with Gasteiger partial charge in [0, 0.05) is 12.0 Å². The van der Waals surface area contributed by atoms with Gasteiger partial charge in [-0.15, -0.1) is 0 Å². The van der Waals surface area contributed by atoms with Crippen LogP contribution in [-0.4, -0.2) is 28.7 Å². The molecular weight excluding hydrogens is 293 g/mol. The zero-order chi connectivity index (χ0) is 16.8. The molecule has 1 saturated heterocycles. The summed E-state index contributed by atoms with van der Waals surface area (Å²) in [6.45, 7) is 5.49. The van der Waals surface area contributed by atoms with Crippen molar-refractivity contribution in [1.82, 2.24) is 10.4 Å². The third-order valence-corrected chi connectivity index (χ3v) is 4.26. The standard InChI is InChI=1S/C16H29F3N2O/c1-4-5-6-7-8-9-10-11-13(16(17,18)19)21-15(2,3)12-14(22)20-21/h13H,4-12H2,1-3H3,(H,20,22)/t13-/m0/s1. The van der Waals surface area contributed by atoms with E-state index in [2.05, 4.69) is 12.3 Å². The van der Waals surface area contributed by atoms with E-state index in [9.17, 15) is 18.0 Å². The molecule has 1 heterocycles. The highest BCUT2D eigenvalue weighted by molar-refractivity contribution is 5.78. The highest BCUT2D eigenvalue weighted by atomic mass is 19.4. The molecule has 0 bridgehead atoms. The fourth-order valence-electron chi connectivity index (χ4n) is 3.04. The normalized spacial score (nSPS) is 20.2. The first-order valence-corrected chi connectivity index (χ1v) is 8.34. The lowest BCUT2D eigenvalue weighted by molar-refractivity contribution is -0.202. The molecule has 1 N–H and O–H groups in total. The maximum absolute atomic E-state index is 13.3. The summed E-state index contributed by atoms with van der Waals surface area (Å²) in [5.74, 6) is -0.334. The van der Waals surface area contributed by atoms with E-state index >= 15 is 0 Å². The maximum Gasteiger partial charge on any atom is 0.405 e. The van der Waals surface area contributed by atoms with E-state index in [-0.39, 0.29) is 18.7 Å². The summed E-state index contributed by atoms with van der Waals surface area (Å²) in [6.07, 6.45) is 2.79. The van der Waals surface area contributed by atoms with Gasteiger partial charge in [-0.05, 0) is 20.3 Å². The second kappa shape index (κ2) is 8.18. The quantitative estimate of drug-likeness (QED) is 0.631. The number of halogens is 3. The Labute approximate surface area is 131 Å². The fourth-order valence-corrected chi connectivity index (χ4v) is 3.04. The zero-order valence-electron chi connectivity index (χ0n) is 13.9. The number of hydrogen-bond donors (Lipinski definition) is 1. The molecule has 1 atom stereocenters. The number of carbonyl (C=O) groups is 1. The van der Waals surface area contributed by atoms with E-state index < -0.39 is 17.8 Å². The van der Waals surface area contributed by atoms with Crippen molar-refractivity contribution in [1.29, 1.82) is 0 Å². The number of hydrazine groups is 1. The van der Waals surface area contributed by atoms with Crippen molar-refractivity contribution >= 4 is 5.91 Å². The van der Waals surface area contributed by atoms with Crippen molar-refractivity contribution in [3.63, 3.8) is 0 Å². The van der Waals surface area contributed by atoms with E-state index in [1.807, 2.05) is 0 Å². The largest absolute Gasteiger partial charge is 0.405 e. The van der Waals surface area contributed by atoms with Gasteiger partial charge in [-0.25, -0.2) is 5.01 Å². The minimum atomic E-state index is -4.32. The lowest BCUT2D eigenvalue weighted by atomic mass is 9.97. The van der Waals surface area contributed by atoms with Crippen LogP contribution in [0.3, 0.4) is 0 Å². The van der Waals surface area contributed by atoms with E-state index in [0.717, 1.165) is 30.7 Å². The van der Waals surface area contributed by atoms with Crippen LogP contribution in [-0.2, 0) is 4.79 Å². The number of hydrogen-bond acceptors (Lipinski definition) is 2. The van der Waals surface area contributed by atoms with Crippen LogP contribution >= 0.6 is 0 Å². The van der Waals surface area contributed by atoms with Crippen molar-refractivity contribution < 1.29 is 18.0 Å². The smallest absolute Gasteiger partial charge is 0.288 e. The van der Waals surface area contributed by atoms with Gasteiger partial charge in [-0.2, -0.15) is 13.2 Å². The number of alkyl halides is 3. The molecule has 0 aliphatic carbocycles. The monoisotopic (exact) mass is 322 g/mol. The molecule has 0 saturated carbocycles. The third kappa shape index (κ3) is 5.78. The van der Waals surface area contributed by atoms with E-state index in [4.69, 9.17) is 0 Å². The lowest BCUT2D eigenvalue weighted by Gasteiger charge is -2.37. The summed E-state index contributed by atoms with van der Waals surface area (Å²) in [6, 6.07) is -1.59. The van der Waals surface area contributed by atoms with Crippen molar-refractivity contribution in [3.05, 3.63) is 0 Å². The number of rotatable bonds is 9. The summed E-state index contributed by atoms with van der Waals surface area (Å²) in [4.78, 5) is 11.5. The summed E-state index contributed by atoms with van der Waals surface area (Å²) in [5, 5.41) is 1.12. The molecule has 0 unspecified atom stereocenters. The van der Waals surface area contributed by atoms with Crippen LogP contribution in [0.1, 0.15) is 78.6 Å². The second-order valence-electron chi connectivity index (χ2n) is 6.86. The van der Waals surface area contributed by atoms with E-state index in [1.54, 1.807) is 13.8 Å². The molecular formula is C16H29F3N2O. The Morgan fingerprint density at radius 2 is 1.68 bits per heavy atom. The summed E-state index contributed by atoms with van der Waals surface area (Å²) < 4.78 is 40.0. The topological polar surface area (TPSA) is 32.3 Å². The van der Waals surface area contributed by atoms with Gasteiger partial charge in [-0.1, -0.05) is 51.9 Å². The SMILES string of the molecule is CCCCCCCCC[C@H](N1NC(=O)CC1(C)C)C(F)(F)F. The molecule has 1 rings (SSSR count). The fraction of sp³-hybridized carbons (Fsp3) is 0.938. The average molecular weight is 322 g/mol. The minimum absolute atomic E-state index is 0.0426. The lowest BCUT2D eigenvalue weighted by Crippen LogP contribution is -2.56. The Morgan fingerprint density at radius 1 is 1.14 bits per heavy atom. The first kappa shape index (κ1) is 19.3. The highest BCUT2D eigenvalue weighted by Gasteiger charge is 2.51. The van der Waals surface area contributed by atoms with Gasteiger partial charge < -0.3 is 0 Å². The van der Waals surface area contributed by atoms with Gasteiger partial charge in [0.15, 0.2) is 0 Å². The molecule has 3 nitrogen and oxygen atoms in total. The minimum Gasteiger partial charge on any atom is -0.288 e. The van der Waals surface area contributed by atoms with Crippen LogP contribution in [0, 0.1) is 0 Å². The number of unbranched alkanes of at least 4 members (excludes halogenated alkanes) is 6. The Hall–Kier alpha value is -0.780. The van der Waals surface area contributed by atoms with Crippen LogP contribution < -0.4 is 5.43 Å². The van der Waals surface area contributed by atoms with Crippen molar-refractivity contribution in [2.75, 3.05) is 0 Å². The molecule has 0 aromatic rings. The molecule has 0 aromatic heterocycles. The molecule has 1 fully saturated rings. The van der Waals surface area contributed by atoms with Crippen molar-refractivity contribution in [2.45, 2.75) is 96.3 Å². The molecule has 0 radical (unpaired) electrons. The predicted molar refractivity (Wildman–Crippen MR) is 81.1 cm³/mol. The van der Waals surface area contributed by atoms with Gasteiger partial charge in [0.1, 0.15) is 6.04 Å². The molecule has 6 heteroatoms. The predicted octanol–water partition coefficient (Wildman–Crippen LogP) is 4.57. The number of nitrogens with zero attached hydrogens (tertiary/aromatic N) is 1. The van der Waals surface area contributed by atoms with Crippen LogP contribution in [0.5, 0.6) is 0 Å². The maximum atomic E-state index is 13.3. The van der Waals surface area contributed by atoms with Crippen molar-refractivity contribution in [3.8, 4) is 0 Å². The van der Waals surface area contributed by atoms with Gasteiger partial charge in [0.25, 0.3) is 0 Å². The molecule has 1 amide bonds. The zero-order valence-corrected chi connectivity index (χ0v) is 13.9. The number of amides is 1. The average Bonchev–Trinajstić information content (AvgIpc) is 2.64. The Balaban J connectivity index is 2.48. The van der Waals surface area contributed by atoms with Gasteiger partial charge in [0.2, 0.25) is 5.91 Å². The molecule has 0 aromatic carbocycles. The Kier molecular flexibility index (Phi) is 7.16. The van der Waals surface area contributed by atoms with Gasteiger partial charge in [-0.3, -0.25) is 10.2 Å². The molecule has 0 spiro atoms.